The third-order valence-corrected chi connectivity index (χ3v) is 4.62. The Balaban J connectivity index is 2.22. The van der Waals surface area contributed by atoms with Gasteiger partial charge in [-0.05, 0) is 52.7 Å². The summed E-state index contributed by atoms with van der Waals surface area (Å²) in [7, 11) is 0. The van der Waals surface area contributed by atoms with Gasteiger partial charge in [-0.3, -0.25) is 4.79 Å². The quantitative estimate of drug-likeness (QED) is 0.871. The molecule has 2 rings (SSSR count). The summed E-state index contributed by atoms with van der Waals surface area (Å²) in [5.74, 6) is -1.27. The van der Waals surface area contributed by atoms with Crippen LogP contribution >= 0.6 is 27.3 Å². The number of rotatable bonds is 4. The van der Waals surface area contributed by atoms with Gasteiger partial charge in [-0.1, -0.05) is 6.92 Å². The highest BCUT2D eigenvalue weighted by Crippen LogP contribution is 2.25. The molecule has 1 aromatic carbocycles. The summed E-state index contributed by atoms with van der Waals surface area (Å²) in [6.45, 7) is 2.03. The van der Waals surface area contributed by atoms with Crippen molar-refractivity contribution in [1.82, 2.24) is 0 Å². The molecule has 6 heteroatoms. The lowest BCUT2D eigenvalue weighted by Gasteiger charge is -2.07. The smallest absolute Gasteiger partial charge is 0.335 e. The number of thiophene rings is 1. The predicted octanol–water partition coefficient (Wildman–Crippen LogP) is 4.02. The van der Waals surface area contributed by atoms with Crippen molar-refractivity contribution in [1.29, 1.82) is 0 Å². The Bertz CT molecular complexity index is 666. The number of carbonyl (C=O) groups excluding carboxylic acids is 1. The van der Waals surface area contributed by atoms with Crippen LogP contribution in [0.25, 0.3) is 0 Å². The van der Waals surface area contributed by atoms with Gasteiger partial charge in [-0.25, -0.2) is 4.79 Å². The van der Waals surface area contributed by atoms with E-state index in [4.69, 9.17) is 5.11 Å². The maximum Gasteiger partial charge on any atom is 0.335 e. The number of carbonyl (C=O) groups is 2. The molecule has 1 amide bonds. The fourth-order valence-corrected chi connectivity index (χ4v) is 2.82. The molecule has 0 saturated carbocycles. The monoisotopic (exact) mass is 353 g/mol. The minimum Gasteiger partial charge on any atom is -0.478 e. The lowest BCUT2D eigenvalue weighted by Crippen LogP contribution is -2.11. The van der Waals surface area contributed by atoms with E-state index >= 15 is 0 Å². The molecule has 0 aliphatic rings. The maximum absolute atomic E-state index is 12.1. The normalized spacial score (nSPS) is 10.3. The van der Waals surface area contributed by atoms with E-state index in [1.165, 1.54) is 23.5 Å². The first kappa shape index (κ1) is 14.7. The van der Waals surface area contributed by atoms with E-state index in [2.05, 4.69) is 21.2 Å². The van der Waals surface area contributed by atoms with Crippen LogP contribution in [0.2, 0.25) is 0 Å². The molecule has 0 spiro atoms. The summed E-state index contributed by atoms with van der Waals surface area (Å²) >= 11 is 4.73. The van der Waals surface area contributed by atoms with Crippen molar-refractivity contribution in [3.8, 4) is 0 Å². The molecule has 0 bridgehead atoms. The van der Waals surface area contributed by atoms with Gasteiger partial charge in [-0.2, -0.15) is 0 Å². The molecule has 1 aromatic heterocycles. The van der Waals surface area contributed by atoms with E-state index in [1.807, 2.05) is 13.0 Å². The molecule has 2 N–H and O–H groups in total. The van der Waals surface area contributed by atoms with E-state index in [0.29, 0.717) is 15.0 Å². The van der Waals surface area contributed by atoms with E-state index in [9.17, 15) is 9.59 Å². The summed E-state index contributed by atoms with van der Waals surface area (Å²) in [5.41, 5.74) is 0.574. The van der Waals surface area contributed by atoms with Gasteiger partial charge in [0.25, 0.3) is 5.91 Å². The molecule has 4 nitrogen and oxygen atoms in total. The molecular weight excluding hydrogens is 342 g/mol. The molecule has 0 saturated heterocycles. The van der Waals surface area contributed by atoms with Gasteiger partial charge in [0.1, 0.15) is 0 Å². The third-order valence-electron chi connectivity index (χ3n) is 2.70. The average molecular weight is 354 g/mol. The number of aryl methyl sites for hydroxylation is 1. The Kier molecular flexibility index (Phi) is 4.57. The minimum atomic E-state index is -1.03. The van der Waals surface area contributed by atoms with Crippen molar-refractivity contribution < 1.29 is 14.7 Å². The number of hydrogen-bond donors (Lipinski definition) is 2. The molecule has 0 atom stereocenters. The lowest BCUT2D eigenvalue weighted by atomic mass is 10.2. The van der Waals surface area contributed by atoms with Gasteiger partial charge in [0.05, 0.1) is 16.1 Å². The molecule has 20 heavy (non-hydrogen) atoms. The van der Waals surface area contributed by atoms with Crippen molar-refractivity contribution in [3.05, 3.63) is 50.1 Å². The molecular formula is C14H12BrNO3S. The Morgan fingerprint density at radius 3 is 2.65 bits per heavy atom. The van der Waals surface area contributed by atoms with Crippen molar-refractivity contribution in [2.45, 2.75) is 13.3 Å². The van der Waals surface area contributed by atoms with Crippen LogP contribution < -0.4 is 5.32 Å². The number of carboxylic acid groups (broad SMARTS) is 1. The molecule has 0 aliphatic heterocycles. The van der Waals surface area contributed by atoms with Crippen molar-refractivity contribution in [2.75, 3.05) is 5.32 Å². The molecule has 104 valence electrons. The topological polar surface area (TPSA) is 66.4 Å². The number of carboxylic acids is 1. The number of halogens is 1. The lowest BCUT2D eigenvalue weighted by molar-refractivity contribution is 0.0696. The van der Waals surface area contributed by atoms with Gasteiger partial charge in [0, 0.05) is 9.35 Å². The van der Waals surface area contributed by atoms with Crippen LogP contribution in [0.4, 0.5) is 5.69 Å². The second-order valence-corrected chi connectivity index (χ2v) is 6.10. The molecule has 0 unspecified atom stereocenters. The number of hydrogen-bond acceptors (Lipinski definition) is 3. The fraction of sp³-hybridized carbons (Fsp3) is 0.143. The van der Waals surface area contributed by atoms with Crippen LogP contribution in [0.3, 0.4) is 0 Å². The first-order chi connectivity index (χ1) is 9.51. The van der Waals surface area contributed by atoms with Gasteiger partial charge >= 0.3 is 5.97 Å². The van der Waals surface area contributed by atoms with E-state index < -0.39 is 5.97 Å². The van der Waals surface area contributed by atoms with Gasteiger partial charge in [0.15, 0.2) is 0 Å². The highest BCUT2D eigenvalue weighted by atomic mass is 79.9. The van der Waals surface area contributed by atoms with Gasteiger partial charge in [-0.15, -0.1) is 11.3 Å². The van der Waals surface area contributed by atoms with Crippen LogP contribution in [-0.4, -0.2) is 17.0 Å². The molecule has 0 radical (unpaired) electrons. The van der Waals surface area contributed by atoms with Crippen LogP contribution in [0.15, 0.2) is 34.8 Å². The average Bonchev–Trinajstić information content (AvgIpc) is 2.89. The van der Waals surface area contributed by atoms with Crippen molar-refractivity contribution >= 4 is 44.8 Å². The fourth-order valence-electron chi connectivity index (χ4n) is 1.63. The van der Waals surface area contributed by atoms with Crippen LogP contribution in [0.5, 0.6) is 0 Å². The number of aromatic carboxylic acids is 1. The summed E-state index contributed by atoms with van der Waals surface area (Å²) < 4.78 is 0.642. The van der Waals surface area contributed by atoms with E-state index in [0.717, 1.165) is 11.3 Å². The number of benzene rings is 1. The maximum atomic E-state index is 12.1. The second-order valence-electron chi connectivity index (χ2n) is 4.07. The van der Waals surface area contributed by atoms with Crippen LogP contribution in [0.1, 0.15) is 31.8 Å². The standard InChI is InChI=1S/C14H12BrNO3S/c1-2-9-4-6-12(20-9)13(17)16-11-7-8(14(18)19)3-5-10(11)15/h3-7H,2H2,1H3,(H,16,17)(H,18,19). The van der Waals surface area contributed by atoms with Crippen molar-refractivity contribution in [3.63, 3.8) is 0 Å². The largest absolute Gasteiger partial charge is 0.478 e. The van der Waals surface area contributed by atoms with Gasteiger partial charge in [0.2, 0.25) is 0 Å². The minimum absolute atomic E-state index is 0.129. The molecule has 0 aliphatic carbocycles. The zero-order valence-corrected chi connectivity index (χ0v) is 13.0. The summed E-state index contributed by atoms with van der Waals surface area (Å²) in [6, 6.07) is 8.20. The van der Waals surface area contributed by atoms with Crippen molar-refractivity contribution in [2.24, 2.45) is 0 Å². The molecule has 1 heterocycles. The van der Waals surface area contributed by atoms with Crippen LogP contribution in [0, 0.1) is 0 Å². The first-order valence-electron chi connectivity index (χ1n) is 5.94. The van der Waals surface area contributed by atoms with E-state index in [-0.39, 0.29) is 11.5 Å². The SMILES string of the molecule is CCc1ccc(C(=O)Nc2cc(C(=O)O)ccc2Br)s1. The molecule has 2 aromatic rings. The Hall–Kier alpha value is -1.66. The Morgan fingerprint density at radius 2 is 2.05 bits per heavy atom. The molecule has 0 fully saturated rings. The van der Waals surface area contributed by atoms with Gasteiger partial charge < -0.3 is 10.4 Å². The van der Waals surface area contributed by atoms with E-state index in [1.54, 1.807) is 12.1 Å². The van der Waals surface area contributed by atoms with Crippen LogP contribution in [-0.2, 0) is 6.42 Å². The Labute approximate surface area is 128 Å². The highest BCUT2D eigenvalue weighted by Gasteiger charge is 2.12. The Morgan fingerprint density at radius 1 is 1.30 bits per heavy atom. The zero-order valence-electron chi connectivity index (χ0n) is 10.6. The predicted molar refractivity (Wildman–Crippen MR) is 82.8 cm³/mol. The summed E-state index contributed by atoms with van der Waals surface area (Å²) in [5, 5.41) is 11.7. The zero-order chi connectivity index (χ0) is 14.7. The number of nitrogens with one attached hydrogen (secondary N) is 1. The highest BCUT2D eigenvalue weighted by molar-refractivity contribution is 9.10. The summed E-state index contributed by atoms with van der Waals surface area (Å²) in [6.07, 6.45) is 0.885. The number of anilines is 1. The summed E-state index contributed by atoms with van der Waals surface area (Å²) in [4.78, 5) is 24.8. The third kappa shape index (κ3) is 3.26. The number of amides is 1. The first-order valence-corrected chi connectivity index (χ1v) is 7.55. The second kappa shape index (κ2) is 6.19.